The third-order valence-corrected chi connectivity index (χ3v) is 1.18. The van der Waals surface area contributed by atoms with Gasteiger partial charge in [0.2, 0.25) is 0 Å². The van der Waals surface area contributed by atoms with E-state index in [0.717, 1.165) is 5.57 Å². The van der Waals surface area contributed by atoms with Crippen molar-refractivity contribution in [2.24, 2.45) is 5.84 Å². The van der Waals surface area contributed by atoms with Crippen LogP contribution in [0, 0.1) is 5.41 Å². The van der Waals surface area contributed by atoms with Crippen LogP contribution in [0.5, 0.6) is 0 Å². The largest absolute Gasteiger partial charge is 0.316 e. The number of hydrazine groups is 1. The Labute approximate surface area is 62.0 Å². The Morgan fingerprint density at radius 3 is 2.40 bits per heavy atom. The second kappa shape index (κ2) is 4.06. The van der Waals surface area contributed by atoms with Crippen molar-refractivity contribution >= 4 is 6.21 Å². The Bertz CT molecular complexity index is 138. The number of nitrogens with one attached hydrogen (secondary N) is 1. The van der Waals surface area contributed by atoms with Crippen LogP contribution in [0.25, 0.3) is 0 Å². The molecule has 0 amide bonds. The van der Waals surface area contributed by atoms with Gasteiger partial charge in [-0.05, 0) is 26.3 Å². The molecule has 3 heteroatoms. The van der Waals surface area contributed by atoms with Crippen LogP contribution in [0.1, 0.15) is 20.8 Å². The fraction of sp³-hybridized carbons (Fsp3) is 0.571. The number of hydrogen-bond donors (Lipinski definition) is 2. The first-order chi connectivity index (χ1) is 4.57. The quantitative estimate of drug-likeness (QED) is 0.351. The topological polar surface area (TPSA) is 53.1 Å². The van der Waals surface area contributed by atoms with Gasteiger partial charge in [0.05, 0.1) is 0 Å². The monoisotopic (exact) mass is 141 g/mol. The molecule has 0 aliphatic rings. The fourth-order valence-electron chi connectivity index (χ4n) is 0.421. The van der Waals surface area contributed by atoms with Gasteiger partial charge < -0.3 is 10.4 Å². The van der Waals surface area contributed by atoms with Gasteiger partial charge in [-0.1, -0.05) is 0 Å². The standard InChI is InChI=1S/C7H15N3/c1-6(2)10(9)5-7(3)4-8/h4-6,8H,9H2,1-3H3/b7-5+,8-4?. The van der Waals surface area contributed by atoms with Crippen molar-refractivity contribution in [2.75, 3.05) is 0 Å². The van der Waals surface area contributed by atoms with E-state index in [9.17, 15) is 0 Å². The summed E-state index contributed by atoms with van der Waals surface area (Å²) < 4.78 is 0. The molecule has 0 aromatic carbocycles. The van der Waals surface area contributed by atoms with Crippen LogP contribution in [0.3, 0.4) is 0 Å². The molecule has 0 atom stereocenters. The number of hydrogen-bond acceptors (Lipinski definition) is 3. The number of nitrogens with zero attached hydrogens (tertiary/aromatic N) is 1. The van der Waals surface area contributed by atoms with Crippen molar-refractivity contribution in [3.05, 3.63) is 11.8 Å². The number of allylic oxidation sites excluding steroid dienone is 1. The molecule has 0 saturated heterocycles. The molecular formula is C7H15N3. The summed E-state index contributed by atoms with van der Waals surface area (Å²) in [6.07, 6.45) is 3.03. The van der Waals surface area contributed by atoms with E-state index >= 15 is 0 Å². The lowest BCUT2D eigenvalue weighted by molar-refractivity contribution is 0.321. The van der Waals surface area contributed by atoms with Crippen molar-refractivity contribution in [2.45, 2.75) is 26.8 Å². The van der Waals surface area contributed by atoms with Crippen LogP contribution < -0.4 is 5.84 Å². The molecule has 58 valence electrons. The van der Waals surface area contributed by atoms with Gasteiger partial charge in [-0.3, -0.25) is 0 Å². The summed E-state index contributed by atoms with van der Waals surface area (Å²) in [5.74, 6) is 5.55. The lowest BCUT2D eigenvalue weighted by Crippen LogP contribution is -2.32. The average molecular weight is 141 g/mol. The van der Waals surface area contributed by atoms with Crippen LogP contribution in [0.4, 0.5) is 0 Å². The van der Waals surface area contributed by atoms with E-state index in [1.165, 1.54) is 6.21 Å². The molecule has 0 aliphatic heterocycles. The molecule has 3 nitrogen and oxygen atoms in total. The van der Waals surface area contributed by atoms with E-state index in [2.05, 4.69) is 0 Å². The van der Waals surface area contributed by atoms with Crippen LogP contribution in [0.2, 0.25) is 0 Å². The molecule has 0 unspecified atom stereocenters. The Hall–Kier alpha value is -0.830. The second-order valence-electron chi connectivity index (χ2n) is 2.56. The lowest BCUT2D eigenvalue weighted by atomic mass is 10.3. The highest BCUT2D eigenvalue weighted by Crippen LogP contribution is 1.94. The van der Waals surface area contributed by atoms with Crippen LogP contribution in [-0.2, 0) is 0 Å². The van der Waals surface area contributed by atoms with Gasteiger partial charge in [0.15, 0.2) is 0 Å². The SMILES string of the molecule is C/C(C=N)=C\N(N)C(C)C. The van der Waals surface area contributed by atoms with E-state index in [1.54, 1.807) is 11.2 Å². The van der Waals surface area contributed by atoms with Gasteiger partial charge in [-0.15, -0.1) is 0 Å². The van der Waals surface area contributed by atoms with Gasteiger partial charge in [0.1, 0.15) is 0 Å². The first kappa shape index (κ1) is 9.17. The summed E-state index contributed by atoms with van der Waals surface area (Å²) in [6, 6.07) is 0.287. The van der Waals surface area contributed by atoms with E-state index < -0.39 is 0 Å². The third kappa shape index (κ3) is 3.25. The minimum Gasteiger partial charge on any atom is -0.316 e. The third-order valence-electron chi connectivity index (χ3n) is 1.18. The van der Waals surface area contributed by atoms with Crippen LogP contribution >= 0.6 is 0 Å². The normalized spacial score (nSPS) is 11.9. The lowest BCUT2D eigenvalue weighted by Gasteiger charge is -2.18. The first-order valence-electron chi connectivity index (χ1n) is 3.30. The highest BCUT2D eigenvalue weighted by atomic mass is 15.4. The van der Waals surface area contributed by atoms with Crippen LogP contribution in [0.15, 0.2) is 11.8 Å². The second-order valence-corrected chi connectivity index (χ2v) is 2.56. The van der Waals surface area contributed by atoms with Crippen molar-refractivity contribution in [3.63, 3.8) is 0 Å². The van der Waals surface area contributed by atoms with Gasteiger partial charge in [0, 0.05) is 18.5 Å². The van der Waals surface area contributed by atoms with Crippen molar-refractivity contribution in [1.29, 1.82) is 5.41 Å². The predicted molar refractivity (Wildman–Crippen MR) is 43.7 cm³/mol. The molecular weight excluding hydrogens is 126 g/mol. The van der Waals surface area contributed by atoms with E-state index in [1.807, 2.05) is 20.8 Å². The minimum atomic E-state index is 0.287. The maximum Gasteiger partial charge on any atom is 0.0389 e. The Morgan fingerprint density at radius 1 is 1.60 bits per heavy atom. The fourth-order valence-corrected chi connectivity index (χ4v) is 0.421. The maximum absolute atomic E-state index is 6.87. The molecule has 0 heterocycles. The van der Waals surface area contributed by atoms with Gasteiger partial charge in [0.25, 0.3) is 0 Å². The molecule has 0 bridgehead atoms. The molecule has 0 aliphatic carbocycles. The summed E-state index contributed by atoms with van der Waals surface area (Å²) in [4.78, 5) is 0. The van der Waals surface area contributed by atoms with Gasteiger partial charge in [-0.25, -0.2) is 5.84 Å². The number of nitrogens with two attached hydrogens (primary N) is 1. The van der Waals surface area contributed by atoms with Crippen molar-refractivity contribution in [1.82, 2.24) is 5.01 Å². The summed E-state index contributed by atoms with van der Waals surface area (Å²) >= 11 is 0. The molecule has 0 aromatic rings. The molecule has 0 fully saturated rings. The highest BCUT2D eigenvalue weighted by molar-refractivity contribution is 5.74. The maximum atomic E-state index is 6.87. The summed E-state index contributed by atoms with van der Waals surface area (Å²) in [5.41, 5.74) is 0.858. The molecule has 0 saturated carbocycles. The molecule has 0 spiro atoms. The zero-order valence-electron chi connectivity index (χ0n) is 6.76. The summed E-state index contributed by atoms with van der Waals surface area (Å²) in [5, 5.41) is 8.45. The minimum absolute atomic E-state index is 0.287. The van der Waals surface area contributed by atoms with E-state index in [0.29, 0.717) is 0 Å². The molecule has 0 aromatic heterocycles. The molecule has 0 radical (unpaired) electrons. The molecule has 10 heavy (non-hydrogen) atoms. The Balaban J connectivity index is 3.98. The van der Waals surface area contributed by atoms with Crippen molar-refractivity contribution in [3.8, 4) is 0 Å². The predicted octanol–water partition coefficient (Wildman–Crippen LogP) is 1.12. The average Bonchev–Trinajstić information content (AvgIpc) is 1.87. The van der Waals surface area contributed by atoms with E-state index in [4.69, 9.17) is 11.3 Å². The van der Waals surface area contributed by atoms with Crippen molar-refractivity contribution < 1.29 is 0 Å². The first-order valence-corrected chi connectivity index (χ1v) is 3.30. The smallest absolute Gasteiger partial charge is 0.0389 e. The van der Waals surface area contributed by atoms with Gasteiger partial charge >= 0.3 is 0 Å². The Kier molecular flexibility index (Phi) is 3.72. The summed E-state index contributed by atoms with van der Waals surface area (Å²) in [7, 11) is 0. The van der Waals surface area contributed by atoms with Gasteiger partial charge in [-0.2, -0.15) is 0 Å². The molecule has 3 N–H and O–H groups in total. The summed E-state index contributed by atoms with van der Waals surface area (Å²) in [6.45, 7) is 5.83. The zero-order valence-corrected chi connectivity index (χ0v) is 6.76. The van der Waals surface area contributed by atoms with Crippen LogP contribution in [-0.4, -0.2) is 17.3 Å². The van der Waals surface area contributed by atoms with E-state index in [-0.39, 0.29) is 6.04 Å². The zero-order chi connectivity index (χ0) is 8.15. The molecule has 0 rings (SSSR count). The Morgan fingerprint density at radius 2 is 2.10 bits per heavy atom. The highest BCUT2D eigenvalue weighted by Gasteiger charge is 1.96. The number of rotatable bonds is 3.